The molecule has 1 aromatic rings. The molecule has 11 heteroatoms. The number of nitrogens with one attached hydrogen (secondary N) is 1. The van der Waals surface area contributed by atoms with Crippen molar-refractivity contribution in [2.45, 2.75) is 39.2 Å². The molecule has 0 aliphatic heterocycles. The van der Waals surface area contributed by atoms with Gasteiger partial charge in [-0.25, -0.2) is 4.79 Å². The molecule has 11 nitrogen and oxygen atoms in total. The molecule has 1 aromatic carbocycles. The van der Waals surface area contributed by atoms with Crippen molar-refractivity contribution in [2.24, 2.45) is 47.0 Å². The van der Waals surface area contributed by atoms with Gasteiger partial charge in [-0.3, -0.25) is 24.0 Å². The van der Waals surface area contributed by atoms with E-state index in [1.165, 1.54) is 12.3 Å². The van der Waals surface area contributed by atoms with Gasteiger partial charge >= 0.3 is 6.03 Å². The van der Waals surface area contributed by atoms with Gasteiger partial charge in [-0.05, 0) is 54.4 Å². The highest BCUT2D eigenvalue weighted by Crippen LogP contribution is 2.53. The number of hydrogen-bond acceptors (Lipinski definition) is 8. The van der Waals surface area contributed by atoms with E-state index in [1.807, 2.05) is 0 Å². The van der Waals surface area contributed by atoms with Crippen LogP contribution in [0.1, 0.15) is 48.7 Å². The van der Waals surface area contributed by atoms with E-state index < -0.39 is 76.2 Å². The Balaban J connectivity index is 1.86. The van der Waals surface area contributed by atoms with Gasteiger partial charge in [0.05, 0.1) is 11.5 Å². The van der Waals surface area contributed by atoms with E-state index >= 15 is 0 Å². The molecule has 0 aromatic heterocycles. The summed E-state index contributed by atoms with van der Waals surface area (Å²) < 4.78 is 0. The molecule has 2 fully saturated rings. The number of benzene rings is 1. The predicted octanol–water partition coefficient (Wildman–Crippen LogP) is 0.238. The van der Waals surface area contributed by atoms with Crippen molar-refractivity contribution < 1.29 is 39.0 Å². The molecule has 2 unspecified atom stereocenters. The SMILES string of the molecule is CC(=CNC(N)=O)c1ccc(O)c2c1C[C@H]1C[C@H]3[C@H](C(C)C)C(=O)C(C(N)=O)C(=O)[C@@]3(O)C(=O)C1C2=O. The highest BCUT2D eigenvalue weighted by Gasteiger charge is 2.69. The summed E-state index contributed by atoms with van der Waals surface area (Å²) >= 11 is 0. The third-order valence-electron chi connectivity index (χ3n) is 8.05. The van der Waals surface area contributed by atoms with Crippen molar-refractivity contribution in [3.63, 3.8) is 0 Å². The largest absolute Gasteiger partial charge is 0.507 e. The van der Waals surface area contributed by atoms with Gasteiger partial charge in [0.15, 0.2) is 34.7 Å². The van der Waals surface area contributed by atoms with E-state index in [0.717, 1.165) is 0 Å². The van der Waals surface area contributed by atoms with Crippen molar-refractivity contribution in [1.29, 1.82) is 0 Å². The van der Waals surface area contributed by atoms with Gasteiger partial charge in [0, 0.05) is 18.0 Å². The van der Waals surface area contributed by atoms with Gasteiger partial charge in [0.1, 0.15) is 5.75 Å². The summed E-state index contributed by atoms with van der Waals surface area (Å²) in [4.78, 5) is 77.1. The maximum Gasteiger partial charge on any atom is 0.316 e. The van der Waals surface area contributed by atoms with Crippen molar-refractivity contribution in [3.8, 4) is 5.75 Å². The number of carbonyl (C=O) groups excluding carboxylic acids is 6. The zero-order chi connectivity index (χ0) is 27.6. The highest BCUT2D eigenvalue weighted by molar-refractivity contribution is 6.32. The molecule has 3 aliphatic carbocycles. The first-order valence-electron chi connectivity index (χ1n) is 12.0. The van der Waals surface area contributed by atoms with Crippen LogP contribution in [0.2, 0.25) is 0 Å². The van der Waals surface area contributed by atoms with Crippen molar-refractivity contribution in [3.05, 3.63) is 35.0 Å². The Morgan fingerprint density at radius 3 is 2.35 bits per heavy atom. The summed E-state index contributed by atoms with van der Waals surface area (Å²) in [6.07, 6.45) is 1.47. The van der Waals surface area contributed by atoms with Crippen LogP contribution in [-0.2, 0) is 25.6 Å². The van der Waals surface area contributed by atoms with Crippen molar-refractivity contribution in [1.82, 2.24) is 5.32 Å². The summed E-state index contributed by atoms with van der Waals surface area (Å²) in [5.41, 5.74) is 9.12. The average molecular weight is 512 g/mol. The summed E-state index contributed by atoms with van der Waals surface area (Å²) in [5.74, 6) is -12.2. The lowest BCUT2D eigenvalue weighted by Crippen LogP contribution is -2.71. The molecule has 0 heterocycles. The molecule has 37 heavy (non-hydrogen) atoms. The molecule has 7 N–H and O–H groups in total. The number of phenolic OH excluding ortho intramolecular Hbond substituents is 1. The van der Waals surface area contributed by atoms with Crippen LogP contribution in [0.4, 0.5) is 4.79 Å². The zero-order valence-electron chi connectivity index (χ0n) is 20.6. The Hall–Kier alpha value is -3.86. The molecular weight excluding hydrogens is 482 g/mol. The molecule has 3 aliphatic rings. The molecule has 0 saturated heterocycles. The molecule has 0 radical (unpaired) electrons. The first-order chi connectivity index (χ1) is 17.2. The van der Waals surface area contributed by atoms with Crippen LogP contribution in [0, 0.1) is 35.5 Å². The lowest BCUT2D eigenvalue weighted by molar-refractivity contribution is -0.182. The molecule has 196 valence electrons. The fourth-order valence-corrected chi connectivity index (χ4v) is 6.48. The third kappa shape index (κ3) is 3.76. The number of aromatic hydroxyl groups is 1. The molecule has 0 bridgehead atoms. The number of ketones is 4. The number of allylic oxidation sites excluding steroid dienone is 1. The van der Waals surface area contributed by atoms with E-state index in [2.05, 4.69) is 5.32 Å². The van der Waals surface area contributed by atoms with Crippen LogP contribution >= 0.6 is 0 Å². The summed E-state index contributed by atoms with van der Waals surface area (Å²) in [6.45, 7) is 5.04. The molecule has 6 atom stereocenters. The number of fused-ring (bicyclic) bond motifs is 3. The second-order valence-electron chi connectivity index (χ2n) is 10.5. The van der Waals surface area contributed by atoms with Crippen LogP contribution in [0.5, 0.6) is 5.75 Å². The quantitative estimate of drug-likeness (QED) is 0.353. The van der Waals surface area contributed by atoms with Gasteiger partial charge in [0.25, 0.3) is 0 Å². The maximum atomic E-state index is 13.8. The van der Waals surface area contributed by atoms with Crippen LogP contribution in [-0.4, -0.2) is 50.9 Å². The van der Waals surface area contributed by atoms with E-state index in [9.17, 15) is 39.0 Å². The fourth-order valence-electron chi connectivity index (χ4n) is 6.48. The number of urea groups is 1. The van der Waals surface area contributed by atoms with Crippen LogP contribution in [0.25, 0.3) is 5.57 Å². The molecular formula is C26H29N3O8. The maximum absolute atomic E-state index is 13.8. The lowest BCUT2D eigenvalue weighted by atomic mass is 9.49. The number of primary amides is 2. The number of Topliss-reactive ketones (excluding diaryl/α,β-unsaturated/α-hetero) is 4. The lowest BCUT2D eigenvalue weighted by Gasteiger charge is -2.52. The Morgan fingerprint density at radius 1 is 1.14 bits per heavy atom. The molecule has 3 amide bonds. The molecule has 2 saturated carbocycles. The van der Waals surface area contributed by atoms with Gasteiger partial charge in [-0.15, -0.1) is 0 Å². The Bertz CT molecular complexity index is 1300. The van der Waals surface area contributed by atoms with E-state index in [4.69, 9.17) is 11.5 Å². The summed E-state index contributed by atoms with van der Waals surface area (Å²) in [6, 6.07) is 2.06. The zero-order valence-corrected chi connectivity index (χ0v) is 20.6. The molecule has 0 spiro atoms. The van der Waals surface area contributed by atoms with E-state index in [1.54, 1.807) is 26.8 Å². The number of nitrogens with two attached hydrogens (primary N) is 2. The number of amides is 3. The third-order valence-corrected chi connectivity index (χ3v) is 8.05. The summed E-state index contributed by atoms with van der Waals surface area (Å²) in [7, 11) is 0. The first-order valence-corrected chi connectivity index (χ1v) is 12.0. The van der Waals surface area contributed by atoms with Crippen molar-refractivity contribution in [2.75, 3.05) is 0 Å². The predicted molar refractivity (Wildman–Crippen MR) is 129 cm³/mol. The first kappa shape index (κ1) is 26.2. The van der Waals surface area contributed by atoms with Gasteiger partial charge in [0.2, 0.25) is 5.91 Å². The monoisotopic (exact) mass is 511 g/mol. The second-order valence-corrected chi connectivity index (χ2v) is 10.5. The van der Waals surface area contributed by atoms with E-state index in [0.29, 0.717) is 16.7 Å². The smallest absolute Gasteiger partial charge is 0.316 e. The number of phenols is 1. The van der Waals surface area contributed by atoms with Gasteiger partial charge < -0.3 is 27.0 Å². The minimum absolute atomic E-state index is 0.0126. The standard InChI is InChI=1S/C26H29N3O8/c1-9(2)16-14-7-11-6-13-12(10(3)8-29-25(28)36)4-5-15(30)18(13)21(32)17(11)22(33)26(14,37)23(34)19(20(16)31)24(27)35/h4-5,8-9,11,14,16-17,19,30,37H,6-7H2,1-3H3,(H2,27,35)(H3,28,29,36)/t11-,14-,16-,17?,19?,26-/m0/s1. The highest BCUT2D eigenvalue weighted by atomic mass is 16.3. The number of rotatable bonds is 4. The number of aliphatic hydroxyl groups is 1. The molecule has 4 rings (SSSR count). The average Bonchev–Trinajstić information content (AvgIpc) is 2.79. The van der Waals surface area contributed by atoms with Gasteiger partial charge in [-0.2, -0.15) is 0 Å². The fraction of sp³-hybridized carbons (Fsp3) is 0.462. The normalized spacial score (nSPS) is 31.5. The number of hydrogen-bond donors (Lipinski definition) is 5. The Kier molecular flexibility index (Phi) is 6.31. The van der Waals surface area contributed by atoms with Crippen LogP contribution < -0.4 is 16.8 Å². The minimum atomic E-state index is -2.73. The summed E-state index contributed by atoms with van der Waals surface area (Å²) in [5, 5.41) is 24.5. The van der Waals surface area contributed by atoms with Crippen LogP contribution in [0.15, 0.2) is 18.3 Å². The Labute approximate surface area is 212 Å². The minimum Gasteiger partial charge on any atom is -0.507 e. The van der Waals surface area contributed by atoms with E-state index in [-0.39, 0.29) is 24.2 Å². The topological polar surface area (TPSA) is 207 Å². The van der Waals surface area contributed by atoms with Gasteiger partial charge in [-0.1, -0.05) is 19.9 Å². The van der Waals surface area contributed by atoms with Crippen molar-refractivity contribution >= 4 is 40.6 Å². The Morgan fingerprint density at radius 2 is 1.78 bits per heavy atom. The number of carbonyl (C=O) groups is 6. The van der Waals surface area contributed by atoms with Crippen LogP contribution in [0.3, 0.4) is 0 Å². The second kappa shape index (κ2) is 8.91.